The summed E-state index contributed by atoms with van der Waals surface area (Å²) >= 11 is 7.57. The van der Waals surface area contributed by atoms with Crippen LogP contribution in [0.2, 0.25) is 5.02 Å². The van der Waals surface area contributed by atoms with E-state index in [0.29, 0.717) is 6.61 Å². The van der Waals surface area contributed by atoms with Crippen LogP contribution in [0.4, 0.5) is 0 Å². The summed E-state index contributed by atoms with van der Waals surface area (Å²) in [5.74, 6) is 0.855. The number of rotatable bonds is 6. The second-order valence-electron chi connectivity index (χ2n) is 3.80. The molecule has 1 aromatic carbocycles. The monoisotopic (exact) mass is 282 g/mol. The highest BCUT2D eigenvalue weighted by Gasteiger charge is 2.05. The van der Waals surface area contributed by atoms with Crippen LogP contribution in [-0.4, -0.2) is 11.5 Å². The van der Waals surface area contributed by atoms with Gasteiger partial charge in [0.15, 0.2) is 0 Å². The maximum Gasteiger partial charge on any atom is 0.131 e. The quantitative estimate of drug-likeness (QED) is 0.881. The fraction of sp³-hybridized carbons (Fsp3) is 0.308. The molecule has 5 heteroatoms. The minimum atomic E-state index is 0.490. The Kier molecular flexibility index (Phi) is 4.99. The molecule has 18 heavy (non-hydrogen) atoms. The first-order valence-corrected chi connectivity index (χ1v) is 7.10. The van der Waals surface area contributed by atoms with Gasteiger partial charge < -0.3 is 10.1 Å². The average molecular weight is 283 g/mol. The average Bonchev–Trinajstić information content (AvgIpc) is 2.88. The first kappa shape index (κ1) is 13.3. The maximum atomic E-state index is 6.00. The van der Waals surface area contributed by atoms with E-state index in [1.54, 1.807) is 16.8 Å². The molecule has 2 aromatic rings. The standard InChI is InChI=1S/C13H15ClN2OS/c1-2-15-6-10-5-11(14)3-4-13(10)17-7-12-8-18-9-16-12/h3-5,8-9,15H,2,6-7H2,1H3. The third-order valence-corrected chi connectivity index (χ3v) is 3.32. The Morgan fingerprint density at radius 2 is 2.33 bits per heavy atom. The number of nitrogens with one attached hydrogen (secondary N) is 1. The van der Waals surface area contributed by atoms with E-state index >= 15 is 0 Å². The molecule has 1 heterocycles. The smallest absolute Gasteiger partial charge is 0.131 e. The van der Waals surface area contributed by atoms with Crippen LogP contribution in [0, 0.1) is 0 Å². The summed E-state index contributed by atoms with van der Waals surface area (Å²) < 4.78 is 5.78. The molecule has 0 spiro atoms. The highest BCUT2D eigenvalue weighted by molar-refractivity contribution is 7.07. The lowest BCUT2D eigenvalue weighted by molar-refractivity contribution is 0.298. The lowest BCUT2D eigenvalue weighted by Crippen LogP contribution is -2.13. The zero-order valence-electron chi connectivity index (χ0n) is 10.1. The molecule has 0 unspecified atom stereocenters. The fourth-order valence-electron chi connectivity index (χ4n) is 1.55. The number of aromatic nitrogens is 1. The molecular weight excluding hydrogens is 268 g/mol. The highest BCUT2D eigenvalue weighted by atomic mass is 35.5. The fourth-order valence-corrected chi connectivity index (χ4v) is 2.28. The number of benzene rings is 1. The van der Waals surface area contributed by atoms with Crippen LogP contribution in [0.15, 0.2) is 29.1 Å². The lowest BCUT2D eigenvalue weighted by atomic mass is 10.2. The van der Waals surface area contributed by atoms with E-state index in [1.165, 1.54) is 0 Å². The van der Waals surface area contributed by atoms with E-state index in [4.69, 9.17) is 16.3 Å². The first-order valence-electron chi connectivity index (χ1n) is 5.78. The van der Waals surface area contributed by atoms with Gasteiger partial charge in [-0.1, -0.05) is 18.5 Å². The lowest BCUT2D eigenvalue weighted by Gasteiger charge is -2.11. The molecule has 0 aliphatic carbocycles. The van der Waals surface area contributed by atoms with Gasteiger partial charge in [-0.3, -0.25) is 0 Å². The summed E-state index contributed by atoms with van der Waals surface area (Å²) in [6.07, 6.45) is 0. The molecule has 0 fully saturated rings. The summed E-state index contributed by atoms with van der Waals surface area (Å²) in [5.41, 5.74) is 3.82. The summed E-state index contributed by atoms with van der Waals surface area (Å²) in [4.78, 5) is 4.19. The molecular formula is C13H15ClN2OS. The van der Waals surface area contributed by atoms with Crippen LogP contribution in [0.25, 0.3) is 0 Å². The topological polar surface area (TPSA) is 34.1 Å². The zero-order valence-corrected chi connectivity index (χ0v) is 11.7. The van der Waals surface area contributed by atoms with Gasteiger partial charge >= 0.3 is 0 Å². The first-order chi connectivity index (χ1) is 8.79. The van der Waals surface area contributed by atoms with Crippen molar-refractivity contribution in [3.05, 3.63) is 45.4 Å². The van der Waals surface area contributed by atoms with Gasteiger partial charge in [-0.2, -0.15) is 0 Å². The maximum absolute atomic E-state index is 6.00. The minimum absolute atomic E-state index is 0.490. The van der Waals surface area contributed by atoms with Crippen molar-refractivity contribution in [2.75, 3.05) is 6.54 Å². The van der Waals surface area contributed by atoms with Crippen LogP contribution < -0.4 is 10.1 Å². The summed E-state index contributed by atoms with van der Waals surface area (Å²) in [6.45, 7) is 4.23. The van der Waals surface area contributed by atoms with Gasteiger partial charge in [-0.25, -0.2) is 4.98 Å². The zero-order chi connectivity index (χ0) is 12.8. The molecule has 0 radical (unpaired) electrons. The van der Waals surface area contributed by atoms with Crippen LogP contribution in [0.3, 0.4) is 0 Å². The normalized spacial score (nSPS) is 10.6. The van der Waals surface area contributed by atoms with E-state index in [-0.39, 0.29) is 0 Å². The Morgan fingerprint density at radius 1 is 1.44 bits per heavy atom. The number of halogens is 1. The summed E-state index contributed by atoms with van der Waals surface area (Å²) in [7, 11) is 0. The molecule has 1 aromatic heterocycles. The molecule has 2 rings (SSSR count). The van der Waals surface area contributed by atoms with Crippen molar-refractivity contribution in [3.8, 4) is 5.75 Å². The Labute approximate surface area is 116 Å². The molecule has 0 bridgehead atoms. The number of ether oxygens (including phenoxy) is 1. The molecule has 0 atom stereocenters. The third kappa shape index (κ3) is 3.70. The van der Waals surface area contributed by atoms with Gasteiger partial charge in [0.05, 0.1) is 11.2 Å². The molecule has 0 saturated heterocycles. The number of hydrogen-bond acceptors (Lipinski definition) is 4. The van der Waals surface area contributed by atoms with Gasteiger partial charge in [0.2, 0.25) is 0 Å². The van der Waals surface area contributed by atoms with Crippen LogP contribution in [-0.2, 0) is 13.2 Å². The van der Waals surface area contributed by atoms with E-state index in [1.807, 2.05) is 23.6 Å². The molecule has 3 nitrogen and oxygen atoms in total. The Balaban J connectivity index is 2.05. The molecule has 1 N–H and O–H groups in total. The van der Waals surface area contributed by atoms with Crippen molar-refractivity contribution in [2.45, 2.75) is 20.1 Å². The number of thiazole rings is 1. The van der Waals surface area contributed by atoms with Crippen molar-refractivity contribution in [3.63, 3.8) is 0 Å². The van der Waals surface area contributed by atoms with Gasteiger partial charge in [-0.15, -0.1) is 11.3 Å². The molecule has 96 valence electrons. The van der Waals surface area contributed by atoms with Gasteiger partial charge in [0.1, 0.15) is 12.4 Å². The third-order valence-electron chi connectivity index (χ3n) is 2.45. The molecule has 0 aliphatic heterocycles. The van der Waals surface area contributed by atoms with Crippen LogP contribution in [0.1, 0.15) is 18.2 Å². The minimum Gasteiger partial charge on any atom is -0.487 e. The second-order valence-corrected chi connectivity index (χ2v) is 4.96. The van der Waals surface area contributed by atoms with Crippen molar-refractivity contribution < 1.29 is 4.74 Å². The predicted molar refractivity (Wildman–Crippen MR) is 75.3 cm³/mol. The van der Waals surface area contributed by atoms with Gasteiger partial charge in [0.25, 0.3) is 0 Å². The second kappa shape index (κ2) is 6.73. The van der Waals surface area contributed by atoms with Crippen molar-refractivity contribution in [2.24, 2.45) is 0 Å². The van der Waals surface area contributed by atoms with Crippen molar-refractivity contribution >= 4 is 22.9 Å². The Morgan fingerprint density at radius 3 is 3.06 bits per heavy atom. The Hall–Kier alpha value is -1.10. The Bertz CT molecular complexity index is 488. The number of hydrogen-bond donors (Lipinski definition) is 1. The number of nitrogens with zero attached hydrogens (tertiary/aromatic N) is 1. The van der Waals surface area contributed by atoms with Crippen molar-refractivity contribution in [1.82, 2.24) is 10.3 Å². The van der Waals surface area contributed by atoms with Gasteiger partial charge in [-0.05, 0) is 24.7 Å². The predicted octanol–water partition coefficient (Wildman–Crippen LogP) is 3.49. The summed E-state index contributed by atoms with van der Waals surface area (Å²) in [6, 6.07) is 5.68. The van der Waals surface area contributed by atoms with E-state index in [0.717, 1.165) is 35.1 Å². The van der Waals surface area contributed by atoms with E-state index < -0.39 is 0 Å². The highest BCUT2D eigenvalue weighted by Crippen LogP contribution is 2.23. The van der Waals surface area contributed by atoms with E-state index in [9.17, 15) is 0 Å². The SMILES string of the molecule is CCNCc1cc(Cl)ccc1OCc1cscn1. The van der Waals surface area contributed by atoms with Crippen molar-refractivity contribution in [1.29, 1.82) is 0 Å². The van der Waals surface area contributed by atoms with Gasteiger partial charge in [0, 0.05) is 22.5 Å². The van der Waals surface area contributed by atoms with Crippen LogP contribution >= 0.6 is 22.9 Å². The van der Waals surface area contributed by atoms with Crippen LogP contribution in [0.5, 0.6) is 5.75 Å². The van der Waals surface area contributed by atoms with E-state index in [2.05, 4.69) is 17.2 Å². The summed E-state index contributed by atoms with van der Waals surface area (Å²) in [5, 5.41) is 5.98. The molecule has 0 amide bonds. The molecule has 0 saturated carbocycles. The molecule has 0 aliphatic rings. The largest absolute Gasteiger partial charge is 0.487 e.